The first-order valence-corrected chi connectivity index (χ1v) is 8.47. The van der Waals surface area contributed by atoms with Crippen LogP contribution >= 0.6 is 0 Å². The van der Waals surface area contributed by atoms with Crippen molar-refractivity contribution >= 4 is 11.6 Å². The van der Waals surface area contributed by atoms with Crippen molar-refractivity contribution in [2.24, 2.45) is 0 Å². The fourth-order valence-electron chi connectivity index (χ4n) is 3.49. The third-order valence-electron chi connectivity index (χ3n) is 4.79. The molecule has 3 aromatic rings. The molecule has 2 aliphatic rings. The van der Waals surface area contributed by atoms with Gasteiger partial charge in [0.25, 0.3) is 5.91 Å². The summed E-state index contributed by atoms with van der Waals surface area (Å²) in [6.07, 6.45) is 2.85. The molecule has 0 bridgehead atoms. The van der Waals surface area contributed by atoms with Gasteiger partial charge in [-0.2, -0.15) is 5.10 Å². The van der Waals surface area contributed by atoms with Crippen molar-refractivity contribution in [3.8, 4) is 22.5 Å². The highest BCUT2D eigenvalue weighted by Crippen LogP contribution is 2.29. The smallest absolute Gasteiger partial charge is 0.269 e. The molecule has 5 rings (SSSR count). The third kappa shape index (κ3) is 2.38. The first-order valence-electron chi connectivity index (χ1n) is 8.47. The van der Waals surface area contributed by atoms with E-state index in [4.69, 9.17) is 0 Å². The number of nitrogens with zero attached hydrogens (tertiary/aromatic N) is 3. The van der Waals surface area contributed by atoms with Crippen LogP contribution in [0.15, 0.2) is 42.6 Å². The highest BCUT2D eigenvalue weighted by molar-refractivity contribution is 5.94. The molecule has 0 spiro atoms. The molecule has 0 saturated carbocycles. The number of pyridine rings is 1. The Labute approximate surface area is 144 Å². The van der Waals surface area contributed by atoms with Crippen molar-refractivity contribution in [3.63, 3.8) is 0 Å². The summed E-state index contributed by atoms with van der Waals surface area (Å²) in [5, 5.41) is 10.8. The SMILES string of the molecule is O=C1NCCn2nc(-c3ccnc(-c4ccc5c(c4)CCN5)c3)cc21. The molecule has 1 aromatic carbocycles. The molecule has 0 atom stereocenters. The van der Waals surface area contributed by atoms with E-state index in [1.807, 2.05) is 18.2 Å². The van der Waals surface area contributed by atoms with E-state index in [9.17, 15) is 4.79 Å². The molecule has 0 radical (unpaired) electrons. The summed E-state index contributed by atoms with van der Waals surface area (Å²) in [7, 11) is 0. The van der Waals surface area contributed by atoms with Crippen LogP contribution in [0.25, 0.3) is 22.5 Å². The number of carbonyl (C=O) groups excluding carboxylic acids is 1. The van der Waals surface area contributed by atoms with E-state index in [0.29, 0.717) is 18.8 Å². The van der Waals surface area contributed by atoms with Gasteiger partial charge in [-0.1, -0.05) is 6.07 Å². The van der Waals surface area contributed by atoms with Crippen LogP contribution < -0.4 is 10.6 Å². The Morgan fingerprint density at radius 3 is 2.80 bits per heavy atom. The van der Waals surface area contributed by atoms with E-state index in [0.717, 1.165) is 35.5 Å². The lowest BCUT2D eigenvalue weighted by Crippen LogP contribution is -2.35. The molecule has 124 valence electrons. The summed E-state index contributed by atoms with van der Waals surface area (Å²) < 4.78 is 1.77. The van der Waals surface area contributed by atoms with E-state index < -0.39 is 0 Å². The van der Waals surface area contributed by atoms with Gasteiger partial charge in [0.2, 0.25) is 0 Å². The first kappa shape index (κ1) is 14.2. The number of hydrogen-bond acceptors (Lipinski definition) is 4. The molecule has 0 fully saturated rings. The van der Waals surface area contributed by atoms with Gasteiger partial charge in [0.05, 0.1) is 17.9 Å². The van der Waals surface area contributed by atoms with Gasteiger partial charge in [-0.15, -0.1) is 0 Å². The molecule has 0 aliphatic carbocycles. The largest absolute Gasteiger partial charge is 0.384 e. The average molecular weight is 331 g/mol. The molecule has 0 saturated heterocycles. The van der Waals surface area contributed by atoms with E-state index in [1.54, 1.807) is 10.9 Å². The van der Waals surface area contributed by atoms with Crippen molar-refractivity contribution < 1.29 is 4.79 Å². The van der Waals surface area contributed by atoms with Gasteiger partial charge in [-0.25, -0.2) is 0 Å². The highest BCUT2D eigenvalue weighted by Gasteiger charge is 2.20. The minimum atomic E-state index is -0.0644. The fourth-order valence-corrected chi connectivity index (χ4v) is 3.49. The molecular weight excluding hydrogens is 314 g/mol. The van der Waals surface area contributed by atoms with Crippen LogP contribution in [0.4, 0.5) is 5.69 Å². The number of benzene rings is 1. The van der Waals surface area contributed by atoms with Crippen molar-refractivity contribution in [3.05, 3.63) is 53.9 Å². The summed E-state index contributed by atoms with van der Waals surface area (Å²) in [5.74, 6) is -0.0644. The number of carbonyl (C=O) groups is 1. The summed E-state index contributed by atoms with van der Waals surface area (Å²) in [6, 6.07) is 12.2. The molecule has 0 unspecified atom stereocenters. The molecule has 4 heterocycles. The van der Waals surface area contributed by atoms with E-state index in [2.05, 4.69) is 38.9 Å². The Bertz CT molecular complexity index is 991. The predicted octanol–water partition coefficient (Wildman–Crippen LogP) is 2.32. The van der Waals surface area contributed by atoms with Crippen LogP contribution in [0.3, 0.4) is 0 Å². The third-order valence-corrected chi connectivity index (χ3v) is 4.79. The lowest BCUT2D eigenvalue weighted by molar-refractivity contribution is 0.0924. The molecule has 6 nitrogen and oxygen atoms in total. The van der Waals surface area contributed by atoms with Crippen molar-refractivity contribution in [1.29, 1.82) is 0 Å². The Hall–Kier alpha value is -3.15. The lowest BCUT2D eigenvalue weighted by atomic mass is 10.0. The molecule has 2 aromatic heterocycles. The number of amides is 1. The van der Waals surface area contributed by atoms with Crippen LogP contribution in [0.5, 0.6) is 0 Å². The van der Waals surface area contributed by atoms with Crippen LogP contribution in [0.2, 0.25) is 0 Å². The monoisotopic (exact) mass is 331 g/mol. The second-order valence-corrected chi connectivity index (χ2v) is 6.37. The fraction of sp³-hybridized carbons (Fsp3) is 0.211. The minimum Gasteiger partial charge on any atom is -0.384 e. The Balaban J connectivity index is 1.54. The highest BCUT2D eigenvalue weighted by atomic mass is 16.2. The van der Waals surface area contributed by atoms with Gasteiger partial charge < -0.3 is 10.6 Å². The Kier molecular flexibility index (Phi) is 3.09. The standard InChI is InChI=1S/C19H17N5O/c25-19-18-11-17(23-24(18)8-7-22-19)14-4-6-21-16(10-14)12-1-2-15-13(9-12)3-5-20-15/h1-2,4,6,9-11,20H,3,5,7-8H2,(H,22,25). The zero-order valence-electron chi connectivity index (χ0n) is 13.6. The summed E-state index contributed by atoms with van der Waals surface area (Å²) in [4.78, 5) is 16.5. The quantitative estimate of drug-likeness (QED) is 0.756. The van der Waals surface area contributed by atoms with Crippen LogP contribution in [0, 0.1) is 0 Å². The van der Waals surface area contributed by atoms with Gasteiger partial charge >= 0.3 is 0 Å². The Morgan fingerprint density at radius 2 is 1.88 bits per heavy atom. The lowest BCUT2D eigenvalue weighted by Gasteiger charge is -2.13. The molecule has 1 amide bonds. The summed E-state index contributed by atoms with van der Waals surface area (Å²) in [6.45, 7) is 2.32. The van der Waals surface area contributed by atoms with Crippen molar-refractivity contribution in [2.45, 2.75) is 13.0 Å². The van der Waals surface area contributed by atoms with Crippen molar-refractivity contribution in [1.82, 2.24) is 20.1 Å². The van der Waals surface area contributed by atoms with E-state index in [1.165, 1.54) is 11.3 Å². The molecule has 2 aliphatic heterocycles. The minimum absolute atomic E-state index is 0.0644. The summed E-state index contributed by atoms with van der Waals surface area (Å²) >= 11 is 0. The van der Waals surface area contributed by atoms with Crippen LogP contribution in [-0.4, -0.2) is 33.8 Å². The number of hydrogen-bond donors (Lipinski definition) is 2. The number of rotatable bonds is 2. The van der Waals surface area contributed by atoms with Crippen molar-refractivity contribution in [2.75, 3.05) is 18.4 Å². The van der Waals surface area contributed by atoms with Gasteiger partial charge in [-0.3, -0.25) is 14.5 Å². The number of aromatic nitrogens is 3. The molecular formula is C19H17N5O. The first-order chi connectivity index (χ1) is 12.3. The van der Waals surface area contributed by atoms with E-state index >= 15 is 0 Å². The summed E-state index contributed by atoms with van der Waals surface area (Å²) in [5.41, 5.74) is 6.96. The molecule has 6 heteroatoms. The second kappa shape index (κ2) is 5.44. The number of nitrogens with one attached hydrogen (secondary N) is 2. The van der Waals surface area contributed by atoms with Crippen LogP contribution in [0.1, 0.15) is 16.1 Å². The predicted molar refractivity (Wildman–Crippen MR) is 95.4 cm³/mol. The second-order valence-electron chi connectivity index (χ2n) is 6.37. The molecule has 25 heavy (non-hydrogen) atoms. The zero-order chi connectivity index (χ0) is 16.8. The maximum Gasteiger partial charge on any atom is 0.269 e. The van der Waals surface area contributed by atoms with E-state index in [-0.39, 0.29) is 5.91 Å². The Morgan fingerprint density at radius 1 is 0.960 bits per heavy atom. The van der Waals surface area contributed by atoms with Gasteiger partial charge in [0.1, 0.15) is 5.69 Å². The normalized spacial score (nSPS) is 15.3. The van der Waals surface area contributed by atoms with Gasteiger partial charge in [0, 0.05) is 36.1 Å². The number of anilines is 1. The maximum atomic E-state index is 11.9. The van der Waals surface area contributed by atoms with Gasteiger partial charge in [0.15, 0.2) is 0 Å². The van der Waals surface area contributed by atoms with Gasteiger partial charge in [-0.05, 0) is 42.3 Å². The molecule has 2 N–H and O–H groups in total. The number of fused-ring (bicyclic) bond motifs is 2. The average Bonchev–Trinajstić information content (AvgIpc) is 3.28. The topological polar surface area (TPSA) is 71.8 Å². The van der Waals surface area contributed by atoms with Crippen LogP contribution in [-0.2, 0) is 13.0 Å². The maximum absolute atomic E-state index is 11.9. The zero-order valence-corrected chi connectivity index (χ0v) is 13.6.